The summed E-state index contributed by atoms with van der Waals surface area (Å²) in [5.41, 5.74) is 0. The Hall–Kier alpha value is -0.570. The molecule has 2 saturated carbocycles. The highest BCUT2D eigenvalue weighted by atomic mass is 16.2. The lowest BCUT2D eigenvalue weighted by atomic mass is 9.88. The summed E-state index contributed by atoms with van der Waals surface area (Å²) >= 11 is 0. The third-order valence-corrected chi connectivity index (χ3v) is 4.93. The average molecular weight is 280 g/mol. The van der Waals surface area contributed by atoms with E-state index in [1.807, 2.05) is 0 Å². The molecular formula is C17H32N2O. The Bertz CT molecular complexity index is 263. The molecule has 0 unspecified atom stereocenters. The number of carbonyl (C=O) groups excluding carboxylic acids is 1. The Morgan fingerprint density at radius 3 is 1.90 bits per heavy atom. The Morgan fingerprint density at radius 2 is 1.45 bits per heavy atom. The molecule has 2 rings (SSSR count). The van der Waals surface area contributed by atoms with Gasteiger partial charge in [-0.15, -0.1) is 0 Å². The van der Waals surface area contributed by atoms with Crippen molar-refractivity contribution in [1.82, 2.24) is 10.2 Å². The van der Waals surface area contributed by atoms with E-state index >= 15 is 0 Å². The fraction of sp³-hybridized carbons (Fsp3) is 0.941. The molecule has 3 nitrogen and oxygen atoms in total. The average Bonchev–Trinajstić information content (AvgIpc) is 2.50. The van der Waals surface area contributed by atoms with Crippen LogP contribution in [0.1, 0.15) is 77.6 Å². The molecule has 0 radical (unpaired) electrons. The van der Waals surface area contributed by atoms with Gasteiger partial charge in [-0.05, 0) is 38.6 Å². The van der Waals surface area contributed by atoms with Gasteiger partial charge in [0, 0.05) is 12.1 Å². The molecule has 0 aromatic heterocycles. The summed E-state index contributed by atoms with van der Waals surface area (Å²) in [5.74, 6) is 0.359. The van der Waals surface area contributed by atoms with E-state index in [2.05, 4.69) is 17.1 Å². The molecule has 20 heavy (non-hydrogen) atoms. The van der Waals surface area contributed by atoms with Crippen LogP contribution in [0.15, 0.2) is 0 Å². The lowest BCUT2D eigenvalue weighted by molar-refractivity contribution is -0.137. The third kappa shape index (κ3) is 4.47. The summed E-state index contributed by atoms with van der Waals surface area (Å²) in [6.07, 6.45) is 14.0. The van der Waals surface area contributed by atoms with Crippen LogP contribution in [-0.2, 0) is 4.79 Å². The molecule has 0 heterocycles. The van der Waals surface area contributed by atoms with Crippen LogP contribution < -0.4 is 5.32 Å². The van der Waals surface area contributed by atoms with Crippen molar-refractivity contribution in [3.8, 4) is 0 Å². The van der Waals surface area contributed by atoms with Crippen LogP contribution in [0.2, 0.25) is 0 Å². The number of nitrogens with zero attached hydrogens (tertiary/aromatic N) is 1. The molecule has 0 aliphatic heterocycles. The molecule has 2 aliphatic carbocycles. The quantitative estimate of drug-likeness (QED) is 0.756. The van der Waals surface area contributed by atoms with E-state index in [1.54, 1.807) is 0 Å². The second-order valence-corrected chi connectivity index (χ2v) is 6.56. The molecule has 1 amide bonds. The van der Waals surface area contributed by atoms with Crippen molar-refractivity contribution in [3.63, 3.8) is 0 Å². The molecule has 2 aliphatic rings. The first-order chi connectivity index (χ1) is 9.83. The van der Waals surface area contributed by atoms with Crippen molar-refractivity contribution in [1.29, 1.82) is 0 Å². The van der Waals surface area contributed by atoms with E-state index in [1.165, 1.54) is 64.2 Å². The van der Waals surface area contributed by atoms with Gasteiger partial charge in [0.05, 0.1) is 6.54 Å². The van der Waals surface area contributed by atoms with Gasteiger partial charge in [0.2, 0.25) is 5.91 Å². The number of hydrogen-bond acceptors (Lipinski definition) is 2. The minimum atomic E-state index is 0.359. The molecule has 0 atom stereocenters. The maximum atomic E-state index is 12.7. The van der Waals surface area contributed by atoms with Gasteiger partial charge in [-0.1, -0.05) is 45.4 Å². The van der Waals surface area contributed by atoms with Crippen LogP contribution in [0.5, 0.6) is 0 Å². The zero-order chi connectivity index (χ0) is 14.2. The monoisotopic (exact) mass is 280 g/mol. The molecule has 0 bridgehead atoms. The van der Waals surface area contributed by atoms with Crippen LogP contribution in [0.3, 0.4) is 0 Å². The van der Waals surface area contributed by atoms with Gasteiger partial charge in [0.1, 0.15) is 0 Å². The molecule has 2 fully saturated rings. The van der Waals surface area contributed by atoms with Gasteiger partial charge in [0.25, 0.3) is 0 Å². The van der Waals surface area contributed by atoms with E-state index in [9.17, 15) is 4.79 Å². The van der Waals surface area contributed by atoms with Crippen LogP contribution in [0, 0.1) is 0 Å². The van der Waals surface area contributed by atoms with E-state index < -0.39 is 0 Å². The van der Waals surface area contributed by atoms with E-state index in [0.29, 0.717) is 24.5 Å². The number of hydrogen-bond donors (Lipinski definition) is 1. The van der Waals surface area contributed by atoms with Gasteiger partial charge in [0.15, 0.2) is 0 Å². The Morgan fingerprint density at radius 1 is 0.950 bits per heavy atom. The predicted molar refractivity (Wildman–Crippen MR) is 83.8 cm³/mol. The lowest BCUT2D eigenvalue weighted by Gasteiger charge is -2.42. The fourth-order valence-electron chi connectivity index (χ4n) is 3.89. The van der Waals surface area contributed by atoms with Crippen LogP contribution in [0.4, 0.5) is 0 Å². The van der Waals surface area contributed by atoms with Crippen LogP contribution >= 0.6 is 0 Å². The first-order valence-electron chi connectivity index (χ1n) is 8.84. The minimum absolute atomic E-state index is 0.359. The van der Waals surface area contributed by atoms with Crippen LogP contribution in [0.25, 0.3) is 0 Å². The molecule has 0 aromatic carbocycles. The molecule has 0 spiro atoms. The molecule has 1 N–H and O–H groups in total. The normalized spacial score (nSPS) is 21.9. The summed E-state index contributed by atoms with van der Waals surface area (Å²) in [6, 6.07) is 1.06. The Kier molecular flexibility index (Phi) is 6.85. The lowest BCUT2D eigenvalue weighted by Crippen LogP contribution is -2.51. The highest BCUT2D eigenvalue weighted by Crippen LogP contribution is 2.30. The summed E-state index contributed by atoms with van der Waals surface area (Å²) in [4.78, 5) is 15.0. The van der Waals surface area contributed by atoms with Crippen molar-refractivity contribution in [2.24, 2.45) is 0 Å². The first-order valence-corrected chi connectivity index (χ1v) is 8.84. The van der Waals surface area contributed by atoms with Crippen molar-refractivity contribution in [2.45, 2.75) is 89.6 Å². The number of nitrogens with one attached hydrogen (secondary N) is 1. The van der Waals surface area contributed by atoms with Crippen molar-refractivity contribution in [2.75, 3.05) is 13.1 Å². The number of carbonyl (C=O) groups is 1. The van der Waals surface area contributed by atoms with Crippen molar-refractivity contribution < 1.29 is 4.79 Å². The number of amides is 1. The predicted octanol–water partition coefficient (Wildman–Crippen LogP) is 3.48. The van der Waals surface area contributed by atoms with Gasteiger partial charge in [-0.25, -0.2) is 0 Å². The fourth-order valence-corrected chi connectivity index (χ4v) is 3.89. The third-order valence-electron chi connectivity index (χ3n) is 4.93. The maximum Gasteiger partial charge on any atom is 0.237 e. The Balaban J connectivity index is 1.95. The zero-order valence-electron chi connectivity index (χ0n) is 13.2. The Labute approximate surface area is 124 Å². The van der Waals surface area contributed by atoms with E-state index in [0.717, 1.165) is 13.0 Å². The van der Waals surface area contributed by atoms with Gasteiger partial charge in [-0.3, -0.25) is 4.79 Å². The molecule has 116 valence electrons. The van der Waals surface area contributed by atoms with Gasteiger partial charge < -0.3 is 10.2 Å². The first kappa shape index (κ1) is 15.8. The maximum absolute atomic E-state index is 12.7. The smallest absolute Gasteiger partial charge is 0.237 e. The summed E-state index contributed by atoms with van der Waals surface area (Å²) in [6.45, 7) is 3.65. The topological polar surface area (TPSA) is 32.3 Å². The standard InChI is InChI=1S/C17H32N2O/c1-2-13-18-14-17(20)19(15-9-5-3-6-10-15)16-11-7-4-8-12-16/h15-16,18H,2-14H2,1H3. The highest BCUT2D eigenvalue weighted by molar-refractivity contribution is 5.79. The summed E-state index contributed by atoms with van der Waals surface area (Å²) in [5, 5.41) is 3.30. The SMILES string of the molecule is CCCNCC(=O)N(C1CCCCC1)C1CCCCC1. The zero-order valence-corrected chi connectivity index (χ0v) is 13.2. The second-order valence-electron chi connectivity index (χ2n) is 6.56. The van der Waals surface area contributed by atoms with Gasteiger partial charge in [-0.2, -0.15) is 0 Å². The minimum Gasteiger partial charge on any atom is -0.336 e. The summed E-state index contributed by atoms with van der Waals surface area (Å²) < 4.78 is 0. The van der Waals surface area contributed by atoms with E-state index in [4.69, 9.17) is 0 Å². The van der Waals surface area contributed by atoms with Crippen molar-refractivity contribution >= 4 is 5.91 Å². The molecule has 0 aromatic rings. The largest absolute Gasteiger partial charge is 0.336 e. The molecule has 0 saturated heterocycles. The molecular weight excluding hydrogens is 248 g/mol. The van der Waals surface area contributed by atoms with Gasteiger partial charge >= 0.3 is 0 Å². The highest BCUT2D eigenvalue weighted by Gasteiger charge is 2.31. The molecule has 3 heteroatoms. The van der Waals surface area contributed by atoms with Crippen molar-refractivity contribution in [3.05, 3.63) is 0 Å². The second kappa shape index (κ2) is 8.66. The summed E-state index contributed by atoms with van der Waals surface area (Å²) in [7, 11) is 0. The number of rotatable bonds is 6. The van der Waals surface area contributed by atoms with E-state index in [-0.39, 0.29) is 0 Å². The van der Waals surface area contributed by atoms with Crippen LogP contribution in [-0.4, -0.2) is 36.0 Å².